The van der Waals surface area contributed by atoms with Gasteiger partial charge in [-0.15, -0.1) is 0 Å². The topological polar surface area (TPSA) is 110 Å². The van der Waals surface area contributed by atoms with E-state index in [2.05, 4.69) is 0 Å². The van der Waals surface area contributed by atoms with Crippen LogP contribution >= 0.6 is 0 Å². The van der Waals surface area contributed by atoms with E-state index in [1.54, 1.807) is 34.6 Å². The van der Waals surface area contributed by atoms with Crippen LogP contribution in [-0.4, -0.2) is 57.3 Å². The SMILES string of the molecule is CCC(C)(C)OC(=O)O[C@]1(C(=O)O)C(C)C[C@H]2[C@@H]3C[C@H](F)C4=CC(=O)C=C[C@]4(C)[C@@]3(F)[C@@H](O)C[C@@]21C. The van der Waals surface area contributed by atoms with E-state index in [0.717, 1.165) is 6.08 Å². The number of rotatable bonds is 4. The lowest BCUT2D eigenvalue weighted by Crippen LogP contribution is -2.71. The van der Waals surface area contributed by atoms with E-state index in [-0.39, 0.29) is 24.8 Å². The number of ketones is 1. The fourth-order valence-corrected chi connectivity index (χ4v) is 7.69. The Hall–Kier alpha value is -2.29. The molecule has 0 amide bonds. The van der Waals surface area contributed by atoms with Crippen LogP contribution < -0.4 is 0 Å². The number of ether oxygens (including phenoxy) is 2. The molecule has 2 N–H and O–H groups in total. The summed E-state index contributed by atoms with van der Waals surface area (Å²) >= 11 is 0. The Labute approximate surface area is 209 Å². The molecule has 0 aromatic carbocycles. The smallest absolute Gasteiger partial charge is 0.478 e. The third-order valence-electron chi connectivity index (χ3n) is 9.94. The molecule has 3 fully saturated rings. The molecule has 0 aromatic heterocycles. The molecule has 4 aliphatic rings. The number of carboxylic acids is 1. The van der Waals surface area contributed by atoms with Gasteiger partial charge >= 0.3 is 12.1 Å². The van der Waals surface area contributed by atoms with Gasteiger partial charge in [0.05, 0.1) is 6.10 Å². The number of allylic oxidation sites excluding steroid dienone is 4. The number of alkyl halides is 2. The first kappa shape index (κ1) is 26.8. The monoisotopic (exact) mass is 510 g/mol. The maximum absolute atomic E-state index is 17.3. The molecule has 3 saturated carbocycles. The molecule has 0 spiro atoms. The number of aliphatic hydroxyl groups excluding tert-OH is 1. The Bertz CT molecular complexity index is 1050. The van der Waals surface area contributed by atoms with E-state index in [1.165, 1.54) is 19.1 Å². The second-order valence-electron chi connectivity index (χ2n) is 12.1. The Kier molecular flexibility index (Phi) is 6.02. The fraction of sp³-hybridized carbons (Fsp3) is 0.741. The molecular formula is C27H36F2O7. The van der Waals surface area contributed by atoms with Crippen LogP contribution in [0.5, 0.6) is 0 Å². The van der Waals surface area contributed by atoms with Crippen LogP contribution in [0, 0.1) is 28.6 Å². The van der Waals surface area contributed by atoms with Gasteiger partial charge in [-0.1, -0.05) is 26.8 Å². The van der Waals surface area contributed by atoms with Crippen LogP contribution in [0.2, 0.25) is 0 Å². The minimum absolute atomic E-state index is 0.00595. The average molecular weight is 511 g/mol. The zero-order chi connectivity index (χ0) is 27.1. The van der Waals surface area contributed by atoms with Crippen LogP contribution in [0.25, 0.3) is 0 Å². The van der Waals surface area contributed by atoms with Crippen molar-refractivity contribution in [2.45, 2.75) is 96.4 Å². The number of carbonyl (C=O) groups excluding carboxylic acids is 2. The highest BCUT2D eigenvalue weighted by molar-refractivity contribution is 6.01. The molecule has 0 saturated heterocycles. The van der Waals surface area contributed by atoms with Crippen molar-refractivity contribution >= 4 is 17.9 Å². The highest BCUT2D eigenvalue weighted by Gasteiger charge is 2.78. The van der Waals surface area contributed by atoms with Crippen molar-refractivity contribution in [1.82, 2.24) is 0 Å². The molecule has 7 nitrogen and oxygen atoms in total. The van der Waals surface area contributed by atoms with E-state index < -0.39 is 75.6 Å². The van der Waals surface area contributed by atoms with E-state index >= 15 is 8.78 Å². The molecular weight excluding hydrogens is 474 g/mol. The van der Waals surface area contributed by atoms with Gasteiger partial charge in [0.15, 0.2) is 11.5 Å². The molecule has 200 valence electrons. The fourth-order valence-electron chi connectivity index (χ4n) is 7.69. The van der Waals surface area contributed by atoms with Crippen molar-refractivity contribution in [3.8, 4) is 0 Å². The first-order valence-corrected chi connectivity index (χ1v) is 12.6. The first-order chi connectivity index (χ1) is 16.5. The largest absolute Gasteiger partial charge is 0.509 e. The van der Waals surface area contributed by atoms with Gasteiger partial charge < -0.3 is 19.7 Å². The third kappa shape index (κ3) is 3.26. The normalized spacial score (nSPS) is 45.8. The van der Waals surface area contributed by atoms with Crippen molar-refractivity contribution in [1.29, 1.82) is 0 Å². The van der Waals surface area contributed by atoms with Gasteiger partial charge in [-0.2, -0.15) is 0 Å². The van der Waals surface area contributed by atoms with Crippen LogP contribution in [0.15, 0.2) is 23.8 Å². The van der Waals surface area contributed by atoms with Gasteiger partial charge in [0, 0.05) is 22.7 Å². The van der Waals surface area contributed by atoms with E-state index in [1.807, 2.05) is 0 Å². The van der Waals surface area contributed by atoms with Crippen molar-refractivity contribution in [2.75, 3.05) is 0 Å². The molecule has 4 rings (SSSR count). The number of carbonyl (C=O) groups is 3. The van der Waals surface area contributed by atoms with Gasteiger partial charge in [-0.25, -0.2) is 18.4 Å². The Morgan fingerprint density at radius 1 is 1.22 bits per heavy atom. The predicted molar refractivity (Wildman–Crippen MR) is 125 cm³/mol. The van der Waals surface area contributed by atoms with Gasteiger partial charge in [-0.05, 0) is 70.1 Å². The number of carboxylic acid groups (broad SMARTS) is 1. The molecule has 0 radical (unpaired) electrons. The second kappa shape index (κ2) is 8.10. The van der Waals surface area contributed by atoms with E-state index in [9.17, 15) is 24.6 Å². The molecule has 1 unspecified atom stereocenters. The quantitative estimate of drug-likeness (QED) is 0.527. The number of halogens is 2. The Balaban J connectivity index is 1.80. The predicted octanol–water partition coefficient (Wildman–Crippen LogP) is 4.72. The summed E-state index contributed by atoms with van der Waals surface area (Å²) in [6, 6.07) is 0. The molecule has 9 atom stereocenters. The van der Waals surface area contributed by atoms with Crippen LogP contribution in [-0.2, 0) is 19.1 Å². The summed E-state index contributed by atoms with van der Waals surface area (Å²) in [7, 11) is 0. The Morgan fingerprint density at radius 3 is 2.44 bits per heavy atom. The first-order valence-electron chi connectivity index (χ1n) is 12.6. The Morgan fingerprint density at radius 2 is 1.86 bits per heavy atom. The minimum Gasteiger partial charge on any atom is -0.478 e. The summed E-state index contributed by atoms with van der Waals surface area (Å²) in [5.74, 6) is -4.40. The van der Waals surface area contributed by atoms with E-state index in [0.29, 0.717) is 6.42 Å². The summed E-state index contributed by atoms with van der Waals surface area (Å²) in [4.78, 5) is 37.7. The maximum atomic E-state index is 17.3. The van der Waals surface area contributed by atoms with Gasteiger partial charge in [-0.3, -0.25) is 4.79 Å². The second-order valence-corrected chi connectivity index (χ2v) is 12.1. The highest BCUT2D eigenvalue weighted by Crippen LogP contribution is 2.71. The van der Waals surface area contributed by atoms with Gasteiger partial charge in [0.1, 0.15) is 11.8 Å². The molecule has 9 heteroatoms. The molecule has 0 aliphatic heterocycles. The minimum atomic E-state index is -2.35. The summed E-state index contributed by atoms with van der Waals surface area (Å²) < 4.78 is 43.9. The average Bonchev–Trinajstić information content (AvgIpc) is 2.99. The molecule has 36 heavy (non-hydrogen) atoms. The van der Waals surface area contributed by atoms with Crippen molar-refractivity contribution in [3.63, 3.8) is 0 Å². The number of hydrogen-bond acceptors (Lipinski definition) is 6. The van der Waals surface area contributed by atoms with Crippen molar-refractivity contribution < 1.29 is 42.9 Å². The number of aliphatic hydroxyl groups is 1. The number of hydrogen-bond donors (Lipinski definition) is 2. The highest BCUT2D eigenvalue weighted by atomic mass is 19.1. The van der Waals surface area contributed by atoms with Gasteiger partial charge in [0.25, 0.3) is 0 Å². The van der Waals surface area contributed by atoms with Crippen LogP contribution in [0.4, 0.5) is 13.6 Å². The summed E-state index contributed by atoms with van der Waals surface area (Å²) in [6.45, 7) is 9.83. The standard InChI is InChI=1S/C27H36F2O7/c1-7-23(3,4)35-22(34)36-27(21(32)33)14(2)10-16-17-12-19(28)18-11-15(30)8-9-24(18,5)26(17,29)20(31)13-25(16,27)6/h8-9,11,14,16-17,19-20,31H,7,10,12-13H2,1-6H3,(H,32,33)/t14?,16-,17-,19-,20-,24-,25-,26-,27-/m0/s1. The zero-order valence-corrected chi connectivity index (χ0v) is 21.6. The molecule has 0 heterocycles. The zero-order valence-electron chi connectivity index (χ0n) is 21.6. The third-order valence-corrected chi connectivity index (χ3v) is 9.94. The number of aliphatic carboxylic acids is 1. The lowest BCUT2D eigenvalue weighted by Gasteiger charge is -2.62. The van der Waals surface area contributed by atoms with Crippen LogP contribution in [0.1, 0.15) is 67.2 Å². The van der Waals surface area contributed by atoms with E-state index in [4.69, 9.17) is 9.47 Å². The maximum Gasteiger partial charge on any atom is 0.509 e. The van der Waals surface area contributed by atoms with Crippen molar-refractivity contribution in [3.05, 3.63) is 23.8 Å². The van der Waals surface area contributed by atoms with Gasteiger partial charge in [0.2, 0.25) is 5.60 Å². The molecule has 0 aromatic rings. The van der Waals surface area contributed by atoms with Crippen LogP contribution in [0.3, 0.4) is 0 Å². The van der Waals surface area contributed by atoms with Crippen molar-refractivity contribution in [2.24, 2.45) is 28.6 Å². The lowest BCUT2D eigenvalue weighted by molar-refractivity contribution is -0.233. The number of fused-ring (bicyclic) bond motifs is 5. The molecule has 0 bridgehead atoms. The molecule has 4 aliphatic carbocycles. The summed E-state index contributed by atoms with van der Waals surface area (Å²) in [5.41, 5.74) is -8.34. The summed E-state index contributed by atoms with van der Waals surface area (Å²) in [6.07, 6.45) is -0.881. The summed E-state index contributed by atoms with van der Waals surface area (Å²) in [5, 5.41) is 21.9. The lowest BCUT2D eigenvalue weighted by atomic mass is 9.44.